The summed E-state index contributed by atoms with van der Waals surface area (Å²) in [4.78, 5) is 47.6. The second-order valence-corrected chi connectivity index (χ2v) is 14.6. The van der Waals surface area contributed by atoms with Gasteiger partial charge in [0.25, 0.3) is 11.5 Å². The van der Waals surface area contributed by atoms with Crippen LogP contribution in [0.4, 0.5) is 10.1 Å². The van der Waals surface area contributed by atoms with Crippen molar-refractivity contribution in [3.05, 3.63) is 74.5 Å². The van der Waals surface area contributed by atoms with E-state index in [4.69, 9.17) is 9.72 Å². The zero-order chi connectivity index (χ0) is 36.2. The third-order valence-corrected chi connectivity index (χ3v) is 10.5. The van der Waals surface area contributed by atoms with Crippen LogP contribution in [0.3, 0.4) is 0 Å². The van der Waals surface area contributed by atoms with Gasteiger partial charge in [-0.2, -0.15) is 14.6 Å². The quantitative estimate of drug-likeness (QED) is 0.192. The number of hydrogen-bond acceptors (Lipinski definition) is 8. The van der Waals surface area contributed by atoms with E-state index in [-0.39, 0.29) is 52.9 Å². The molecule has 3 N–H and O–H groups in total. The van der Waals surface area contributed by atoms with Gasteiger partial charge in [-0.25, -0.2) is 4.39 Å². The number of aromatic amines is 1. The molecule has 14 heteroatoms. The molecular weight excluding hydrogens is 655 g/mol. The zero-order valence-electron chi connectivity index (χ0n) is 29.8. The number of hydrogen-bond donors (Lipinski definition) is 3. The standard InChI is InChI=1S/C37H45FN8O5/c1-6-44(35(50)31-32(48)21(3)41-42-31)20(2)7-8-23-12-14-28-30(23)34(49)46-36(40-33(43-46)25-15-16-51-37(4,5)18-25)45(28)19-29(47)39-27-13-11-24(17-26(27)38)22-9-10-22/h11,13,17-18,20,22-23,48H,6-10,12,14-16,19H2,1-5H3,(H,39,47)(H,41,42). The predicted octanol–water partition coefficient (Wildman–Crippen LogP) is 5.23. The highest BCUT2D eigenvalue weighted by molar-refractivity contribution is 5.95. The first-order valence-electron chi connectivity index (χ1n) is 17.9. The number of nitrogens with zero attached hydrogens (tertiary/aromatic N) is 6. The number of amides is 2. The van der Waals surface area contributed by atoms with Crippen LogP contribution in [0.15, 0.2) is 29.1 Å². The number of rotatable bonds is 11. The molecule has 2 amide bonds. The van der Waals surface area contributed by atoms with Crippen molar-refractivity contribution in [2.24, 2.45) is 0 Å². The van der Waals surface area contributed by atoms with Crippen molar-refractivity contribution in [1.29, 1.82) is 0 Å². The molecule has 0 radical (unpaired) electrons. The van der Waals surface area contributed by atoms with E-state index in [0.717, 1.165) is 24.0 Å². The Morgan fingerprint density at radius 3 is 2.69 bits per heavy atom. The summed E-state index contributed by atoms with van der Waals surface area (Å²) in [5.74, 6) is -0.523. The van der Waals surface area contributed by atoms with Gasteiger partial charge in [0.2, 0.25) is 11.7 Å². The van der Waals surface area contributed by atoms with Crippen molar-refractivity contribution in [2.75, 3.05) is 18.5 Å². The number of benzene rings is 1. The lowest BCUT2D eigenvalue weighted by Crippen LogP contribution is -2.39. The summed E-state index contributed by atoms with van der Waals surface area (Å²) in [6, 6.07) is 4.76. The molecule has 1 saturated carbocycles. The van der Waals surface area contributed by atoms with Crippen molar-refractivity contribution in [3.8, 4) is 5.75 Å². The van der Waals surface area contributed by atoms with Crippen LogP contribution in [0.5, 0.6) is 5.75 Å². The van der Waals surface area contributed by atoms with Crippen LogP contribution in [0, 0.1) is 12.7 Å². The number of ether oxygens (including phenoxy) is 1. The Bertz CT molecular complexity index is 2110. The van der Waals surface area contributed by atoms with Crippen LogP contribution in [0.2, 0.25) is 0 Å². The van der Waals surface area contributed by atoms with Crippen molar-refractivity contribution >= 4 is 28.9 Å². The van der Waals surface area contributed by atoms with Crippen LogP contribution in [-0.2, 0) is 22.5 Å². The number of aryl methyl sites for hydroxylation is 1. The Morgan fingerprint density at radius 1 is 1.24 bits per heavy atom. The highest BCUT2D eigenvalue weighted by Crippen LogP contribution is 2.41. The molecular formula is C37H45FN8O5. The second kappa shape index (κ2) is 13.4. The lowest BCUT2D eigenvalue weighted by molar-refractivity contribution is -0.116. The van der Waals surface area contributed by atoms with E-state index in [0.29, 0.717) is 73.9 Å². The normalized spacial score (nSPS) is 18.8. The fraction of sp³-hybridized carbons (Fsp3) is 0.514. The average molecular weight is 701 g/mol. The molecule has 2 unspecified atom stereocenters. The summed E-state index contributed by atoms with van der Waals surface area (Å²) in [7, 11) is 0. The first-order chi connectivity index (χ1) is 24.3. The maximum atomic E-state index is 15.0. The lowest BCUT2D eigenvalue weighted by Gasteiger charge is -2.28. The maximum Gasteiger partial charge on any atom is 0.279 e. The van der Waals surface area contributed by atoms with E-state index in [9.17, 15) is 19.5 Å². The lowest BCUT2D eigenvalue weighted by atomic mass is 9.95. The van der Waals surface area contributed by atoms with Crippen LogP contribution in [0.25, 0.3) is 11.4 Å². The molecule has 0 spiro atoms. The molecule has 0 saturated heterocycles. The third kappa shape index (κ3) is 6.68. The monoisotopic (exact) mass is 700 g/mol. The maximum absolute atomic E-state index is 15.0. The number of carbonyl (C=O) groups excluding carboxylic acids is 2. The second-order valence-electron chi connectivity index (χ2n) is 14.6. The first-order valence-corrected chi connectivity index (χ1v) is 17.9. The predicted molar refractivity (Wildman–Crippen MR) is 188 cm³/mol. The minimum Gasteiger partial charge on any atom is -0.504 e. The molecule has 3 aliphatic rings. The Labute approximate surface area is 294 Å². The number of aromatic hydroxyl groups is 1. The Morgan fingerprint density at radius 2 is 2.02 bits per heavy atom. The molecule has 1 aliphatic heterocycles. The number of anilines is 1. The van der Waals surface area contributed by atoms with Gasteiger partial charge in [-0.1, -0.05) is 6.07 Å². The molecule has 270 valence electrons. The van der Waals surface area contributed by atoms with Crippen LogP contribution >= 0.6 is 0 Å². The van der Waals surface area contributed by atoms with E-state index >= 15 is 4.39 Å². The van der Waals surface area contributed by atoms with Crippen molar-refractivity contribution < 1.29 is 23.8 Å². The van der Waals surface area contributed by atoms with Crippen LogP contribution in [0.1, 0.15) is 117 Å². The highest BCUT2D eigenvalue weighted by Gasteiger charge is 2.34. The fourth-order valence-electron chi connectivity index (χ4n) is 7.59. The molecule has 7 rings (SSSR count). The van der Waals surface area contributed by atoms with Gasteiger partial charge in [0, 0.05) is 23.8 Å². The van der Waals surface area contributed by atoms with Gasteiger partial charge in [-0.3, -0.25) is 19.5 Å². The minimum atomic E-state index is -0.521. The largest absolute Gasteiger partial charge is 0.504 e. The number of carbonyl (C=O) groups is 2. The molecule has 3 aromatic heterocycles. The number of H-pyrrole nitrogens is 1. The number of fused-ring (bicyclic) bond motifs is 2. The minimum absolute atomic E-state index is 0.0553. The highest BCUT2D eigenvalue weighted by atomic mass is 19.1. The average Bonchev–Trinajstić information content (AvgIpc) is 3.54. The molecule has 2 atom stereocenters. The Balaban J connectivity index is 1.19. The summed E-state index contributed by atoms with van der Waals surface area (Å²) >= 11 is 0. The molecule has 4 heterocycles. The van der Waals surface area contributed by atoms with Crippen LogP contribution < -0.4 is 10.9 Å². The van der Waals surface area contributed by atoms with Crippen LogP contribution in [-0.4, -0.2) is 76.0 Å². The smallest absolute Gasteiger partial charge is 0.279 e. The van der Waals surface area contributed by atoms with Gasteiger partial charge in [-0.05, 0) is 121 Å². The molecule has 0 bridgehead atoms. The Hall–Kier alpha value is -4.85. The van der Waals surface area contributed by atoms with E-state index in [2.05, 4.69) is 20.6 Å². The van der Waals surface area contributed by atoms with Gasteiger partial charge in [0.05, 0.1) is 17.9 Å². The molecule has 2 aliphatic carbocycles. The molecule has 4 aromatic rings. The van der Waals surface area contributed by atoms with E-state index < -0.39 is 17.3 Å². The van der Waals surface area contributed by atoms with E-state index in [1.807, 2.05) is 39.8 Å². The van der Waals surface area contributed by atoms with Gasteiger partial charge < -0.3 is 24.6 Å². The van der Waals surface area contributed by atoms with Crippen molar-refractivity contribution in [3.63, 3.8) is 0 Å². The molecule has 13 nitrogen and oxygen atoms in total. The van der Waals surface area contributed by atoms with E-state index in [1.54, 1.807) is 22.5 Å². The molecule has 51 heavy (non-hydrogen) atoms. The summed E-state index contributed by atoms with van der Waals surface area (Å²) in [5, 5.41) is 24.4. The van der Waals surface area contributed by atoms with Gasteiger partial charge in [0.1, 0.15) is 18.1 Å². The van der Waals surface area contributed by atoms with Gasteiger partial charge in [0.15, 0.2) is 17.3 Å². The molecule has 1 fully saturated rings. The summed E-state index contributed by atoms with van der Waals surface area (Å²) in [6.45, 7) is 10.1. The number of aromatic nitrogens is 6. The SMILES string of the molecule is CCN(C(=O)c1[nH]nc(C)c1O)C(C)CCC1CCc2c1c(=O)n1nc(C3=CC(C)(C)OCC3)nc1n2CC(=O)Nc1ccc(C2CC2)cc1F. The Kier molecular flexibility index (Phi) is 9.06. The molecule has 1 aromatic carbocycles. The van der Waals surface area contributed by atoms with E-state index in [1.165, 1.54) is 10.6 Å². The topological polar surface area (TPSA) is 160 Å². The summed E-state index contributed by atoms with van der Waals surface area (Å²) < 4.78 is 23.9. The number of halogens is 1. The zero-order valence-corrected chi connectivity index (χ0v) is 29.8. The van der Waals surface area contributed by atoms with Crippen molar-refractivity contribution in [2.45, 2.75) is 110 Å². The summed E-state index contributed by atoms with van der Waals surface area (Å²) in [5.41, 5.74) is 2.81. The first kappa shape index (κ1) is 34.6. The van der Waals surface area contributed by atoms with Gasteiger partial charge >= 0.3 is 0 Å². The fourth-order valence-corrected chi connectivity index (χ4v) is 7.59. The van der Waals surface area contributed by atoms with Crippen molar-refractivity contribution in [1.82, 2.24) is 34.3 Å². The van der Waals surface area contributed by atoms with Gasteiger partial charge in [-0.15, -0.1) is 5.10 Å². The number of nitrogens with one attached hydrogen (secondary N) is 2. The summed E-state index contributed by atoms with van der Waals surface area (Å²) in [6.07, 6.45) is 7.05. The third-order valence-electron chi connectivity index (χ3n) is 10.5.